The number of benzene rings is 1. The fourth-order valence-corrected chi connectivity index (χ4v) is 2.22. The zero-order valence-electron chi connectivity index (χ0n) is 13.5. The van der Waals surface area contributed by atoms with Gasteiger partial charge in [-0.3, -0.25) is 0 Å². The van der Waals surface area contributed by atoms with E-state index in [1.165, 1.54) is 0 Å². The lowest BCUT2D eigenvalue weighted by Crippen LogP contribution is -2.21. The van der Waals surface area contributed by atoms with Crippen LogP contribution < -0.4 is 10.1 Å². The van der Waals surface area contributed by atoms with Crippen molar-refractivity contribution in [2.24, 2.45) is 0 Å². The van der Waals surface area contributed by atoms with E-state index in [1.807, 2.05) is 50.2 Å². The van der Waals surface area contributed by atoms with Crippen molar-refractivity contribution in [3.05, 3.63) is 53.5 Å². The third-order valence-electron chi connectivity index (χ3n) is 3.32. The van der Waals surface area contributed by atoms with Gasteiger partial charge < -0.3 is 19.6 Å². The van der Waals surface area contributed by atoms with Crippen molar-refractivity contribution >= 4 is 0 Å². The summed E-state index contributed by atoms with van der Waals surface area (Å²) in [6, 6.07) is 11.5. The van der Waals surface area contributed by atoms with Crippen LogP contribution in [-0.4, -0.2) is 17.8 Å². The molecule has 2 rings (SSSR count). The molecular formula is C18H25NO3. The number of hydrogen-bond donors (Lipinski definition) is 2. The van der Waals surface area contributed by atoms with Crippen LogP contribution in [0.1, 0.15) is 44.0 Å². The van der Waals surface area contributed by atoms with Crippen molar-refractivity contribution < 1.29 is 14.3 Å². The largest absolute Gasteiger partial charge is 0.491 e. The van der Waals surface area contributed by atoms with Crippen molar-refractivity contribution in [1.82, 2.24) is 5.32 Å². The highest BCUT2D eigenvalue weighted by Crippen LogP contribution is 2.20. The van der Waals surface area contributed by atoms with E-state index in [1.54, 1.807) is 0 Å². The van der Waals surface area contributed by atoms with E-state index < -0.39 is 6.10 Å². The lowest BCUT2D eigenvalue weighted by Gasteiger charge is -2.14. The van der Waals surface area contributed by atoms with Gasteiger partial charge in [0.25, 0.3) is 0 Å². The highest BCUT2D eigenvalue weighted by molar-refractivity contribution is 5.30. The van der Waals surface area contributed by atoms with E-state index in [4.69, 9.17) is 9.15 Å². The molecule has 0 saturated carbocycles. The van der Waals surface area contributed by atoms with Gasteiger partial charge in [-0.1, -0.05) is 19.1 Å². The summed E-state index contributed by atoms with van der Waals surface area (Å²) in [7, 11) is 0. The molecule has 2 aromatic rings. The van der Waals surface area contributed by atoms with Gasteiger partial charge in [-0.2, -0.15) is 0 Å². The monoisotopic (exact) mass is 303 g/mol. The van der Waals surface area contributed by atoms with Crippen molar-refractivity contribution in [2.45, 2.75) is 45.9 Å². The molecule has 0 bridgehead atoms. The number of furan rings is 1. The highest BCUT2D eigenvalue weighted by Gasteiger charge is 2.09. The molecule has 0 aliphatic heterocycles. The molecule has 4 nitrogen and oxygen atoms in total. The minimum atomic E-state index is -0.573. The first-order chi connectivity index (χ1) is 10.6. The Labute approximate surface area is 132 Å². The smallest absolute Gasteiger partial charge is 0.120 e. The molecule has 22 heavy (non-hydrogen) atoms. The van der Waals surface area contributed by atoms with Gasteiger partial charge in [0.05, 0.1) is 18.8 Å². The predicted octanol–water partition coefficient (Wildman–Crippen LogP) is 3.45. The zero-order chi connectivity index (χ0) is 15.9. The Morgan fingerprint density at radius 1 is 1.18 bits per heavy atom. The number of hydrogen-bond acceptors (Lipinski definition) is 4. The molecule has 0 amide bonds. The van der Waals surface area contributed by atoms with Gasteiger partial charge in [0.1, 0.15) is 17.3 Å². The Hall–Kier alpha value is -1.78. The Balaban J connectivity index is 1.85. The van der Waals surface area contributed by atoms with Crippen molar-refractivity contribution in [2.75, 3.05) is 6.54 Å². The molecule has 1 atom stereocenters. The van der Waals surface area contributed by atoms with E-state index >= 15 is 0 Å². The first kappa shape index (κ1) is 16.6. The second-order valence-corrected chi connectivity index (χ2v) is 5.61. The van der Waals surface area contributed by atoms with Gasteiger partial charge in [0.15, 0.2) is 0 Å². The number of rotatable bonds is 8. The summed E-state index contributed by atoms with van der Waals surface area (Å²) in [4.78, 5) is 0. The molecule has 0 spiro atoms. The van der Waals surface area contributed by atoms with Crippen LogP contribution in [0.3, 0.4) is 0 Å². The molecule has 1 aromatic heterocycles. The van der Waals surface area contributed by atoms with Gasteiger partial charge in [-0.05, 0) is 43.7 Å². The lowest BCUT2D eigenvalue weighted by atomic mass is 10.1. The van der Waals surface area contributed by atoms with Crippen molar-refractivity contribution in [3.63, 3.8) is 0 Å². The summed E-state index contributed by atoms with van der Waals surface area (Å²) in [5, 5.41) is 13.5. The Morgan fingerprint density at radius 2 is 1.95 bits per heavy atom. The molecule has 2 N–H and O–H groups in total. The van der Waals surface area contributed by atoms with Gasteiger partial charge in [0, 0.05) is 13.0 Å². The standard InChI is InChI=1S/C18H25NO3/c1-4-15-8-9-17(22-15)11-19-12-18(20)14-6-5-7-16(10-14)21-13(2)3/h5-10,13,18-20H,4,11-12H2,1-3H3. The molecule has 4 heteroatoms. The van der Waals surface area contributed by atoms with Crippen LogP contribution >= 0.6 is 0 Å². The predicted molar refractivity (Wildman–Crippen MR) is 87.0 cm³/mol. The fourth-order valence-electron chi connectivity index (χ4n) is 2.22. The number of ether oxygens (including phenoxy) is 1. The SMILES string of the molecule is CCc1ccc(CNCC(O)c2cccc(OC(C)C)c2)o1. The molecular weight excluding hydrogens is 278 g/mol. The van der Waals surface area contributed by atoms with Gasteiger partial charge >= 0.3 is 0 Å². The third kappa shape index (κ3) is 4.90. The lowest BCUT2D eigenvalue weighted by molar-refractivity contribution is 0.172. The first-order valence-electron chi connectivity index (χ1n) is 7.81. The Kier molecular flexibility index (Phi) is 6.04. The molecule has 0 aliphatic rings. The van der Waals surface area contributed by atoms with Crippen LogP contribution in [-0.2, 0) is 13.0 Å². The van der Waals surface area contributed by atoms with Gasteiger partial charge in [-0.25, -0.2) is 0 Å². The fraction of sp³-hybridized carbons (Fsp3) is 0.444. The minimum Gasteiger partial charge on any atom is -0.491 e. The quantitative estimate of drug-likeness (QED) is 0.784. The molecule has 0 saturated heterocycles. The molecule has 0 fully saturated rings. The zero-order valence-corrected chi connectivity index (χ0v) is 13.5. The Morgan fingerprint density at radius 3 is 2.64 bits per heavy atom. The maximum atomic E-state index is 10.3. The van der Waals surface area contributed by atoms with Gasteiger partial charge in [0.2, 0.25) is 0 Å². The van der Waals surface area contributed by atoms with Crippen LogP contribution in [0.2, 0.25) is 0 Å². The Bertz CT molecular complexity index is 577. The second kappa shape index (κ2) is 8.01. The molecule has 1 heterocycles. The maximum absolute atomic E-state index is 10.3. The van der Waals surface area contributed by atoms with Crippen LogP contribution in [0.4, 0.5) is 0 Å². The minimum absolute atomic E-state index is 0.122. The summed E-state index contributed by atoms with van der Waals surface area (Å²) in [5.41, 5.74) is 0.847. The average Bonchev–Trinajstić information content (AvgIpc) is 2.94. The van der Waals surface area contributed by atoms with Crippen molar-refractivity contribution in [1.29, 1.82) is 0 Å². The van der Waals surface area contributed by atoms with E-state index in [2.05, 4.69) is 12.2 Å². The molecule has 120 valence electrons. The van der Waals surface area contributed by atoms with Crippen LogP contribution in [0.25, 0.3) is 0 Å². The molecule has 1 aromatic carbocycles. The van der Waals surface area contributed by atoms with E-state index in [0.717, 1.165) is 29.3 Å². The molecule has 0 radical (unpaired) electrons. The summed E-state index contributed by atoms with van der Waals surface area (Å²) in [6.07, 6.45) is 0.444. The van der Waals surface area contributed by atoms with Crippen molar-refractivity contribution in [3.8, 4) is 5.75 Å². The topological polar surface area (TPSA) is 54.6 Å². The van der Waals surface area contributed by atoms with Crippen LogP contribution in [0.15, 0.2) is 40.8 Å². The third-order valence-corrected chi connectivity index (χ3v) is 3.32. The van der Waals surface area contributed by atoms with Crippen LogP contribution in [0, 0.1) is 0 Å². The number of aliphatic hydroxyl groups excluding tert-OH is 1. The summed E-state index contributed by atoms with van der Waals surface area (Å²) in [5.74, 6) is 2.65. The van der Waals surface area contributed by atoms with Crippen LogP contribution in [0.5, 0.6) is 5.75 Å². The number of nitrogens with one attached hydrogen (secondary N) is 1. The molecule has 1 unspecified atom stereocenters. The van der Waals surface area contributed by atoms with E-state index in [-0.39, 0.29) is 6.10 Å². The first-order valence-corrected chi connectivity index (χ1v) is 7.81. The van der Waals surface area contributed by atoms with E-state index in [0.29, 0.717) is 13.1 Å². The van der Waals surface area contributed by atoms with Gasteiger partial charge in [-0.15, -0.1) is 0 Å². The second-order valence-electron chi connectivity index (χ2n) is 5.61. The normalized spacial score (nSPS) is 12.6. The molecule has 0 aliphatic carbocycles. The van der Waals surface area contributed by atoms with E-state index in [9.17, 15) is 5.11 Å². The average molecular weight is 303 g/mol. The number of aryl methyl sites for hydroxylation is 1. The summed E-state index contributed by atoms with van der Waals surface area (Å²) < 4.78 is 11.3. The maximum Gasteiger partial charge on any atom is 0.120 e. The summed E-state index contributed by atoms with van der Waals surface area (Å²) in [6.45, 7) is 7.11. The number of aliphatic hydroxyl groups is 1. The summed E-state index contributed by atoms with van der Waals surface area (Å²) >= 11 is 0. The highest BCUT2D eigenvalue weighted by atomic mass is 16.5.